The maximum absolute atomic E-state index is 13.1. The van der Waals surface area contributed by atoms with Crippen LogP contribution in [0, 0.1) is 5.82 Å². The van der Waals surface area contributed by atoms with Crippen molar-refractivity contribution in [3.8, 4) is 0 Å². The summed E-state index contributed by atoms with van der Waals surface area (Å²) in [6, 6.07) is 27.6. The fourth-order valence-electron chi connectivity index (χ4n) is 4.44. The molecular formula is C28H30FNO. The Balaban J connectivity index is 1.36. The summed E-state index contributed by atoms with van der Waals surface area (Å²) in [5, 5.41) is 10.4. The molecule has 1 aliphatic rings. The van der Waals surface area contributed by atoms with Crippen LogP contribution in [0.1, 0.15) is 48.5 Å². The third kappa shape index (κ3) is 5.69. The average Bonchev–Trinajstić information content (AvgIpc) is 2.82. The molecule has 1 heterocycles. The quantitative estimate of drug-likeness (QED) is 0.494. The van der Waals surface area contributed by atoms with Gasteiger partial charge in [0.05, 0.1) is 6.10 Å². The van der Waals surface area contributed by atoms with Crippen LogP contribution in [0.15, 0.2) is 90.5 Å². The second-order valence-corrected chi connectivity index (χ2v) is 8.26. The molecule has 3 aromatic carbocycles. The molecule has 0 radical (unpaired) electrons. The minimum atomic E-state index is -0.524. The van der Waals surface area contributed by atoms with Gasteiger partial charge >= 0.3 is 0 Å². The zero-order chi connectivity index (χ0) is 21.5. The average molecular weight is 416 g/mol. The van der Waals surface area contributed by atoms with E-state index >= 15 is 0 Å². The lowest BCUT2D eigenvalue weighted by Gasteiger charge is -2.30. The Bertz CT molecular complexity index is 931. The number of nitrogens with zero attached hydrogens (tertiary/aromatic N) is 1. The van der Waals surface area contributed by atoms with Gasteiger partial charge in [0.2, 0.25) is 0 Å². The normalized spacial score (nSPS) is 15.6. The fourth-order valence-corrected chi connectivity index (χ4v) is 4.44. The molecule has 0 bridgehead atoms. The molecule has 1 unspecified atom stereocenters. The summed E-state index contributed by atoms with van der Waals surface area (Å²) in [7, 11) is 0. The molecular weight excluding hydrogens is 385 g/mol. The van der Waals surface area contributed by atoms with E-state index in [0.29, 0.717) is 6.42 Å². The minimum absolute atomic E-state index is 0.265. The van der Waals surface area contributed by atoms with Crippen LogP contribution in [-0.2, 0) is 0 Å². The largest absolute Gasteiger partial charge is 0.388 e. The van der Waals surface area contributed by atoms with Crippen LogP contribution in [0.4, 0.5) is 4.39 Å². The third-order valence-corrected chi connectivity index (χ3v) is 6.14. The van der Waals surface area contributed by atoms with E-state index in [9.17, 15) is 9.50 Å². The van der Waals surface area contributed by atoms with Crippen LogP contribution < -0.4 is 0 Å². The molecule has 3 heteroatoms. The Morgan fingerprint density at radius 1 is 0.806 bits per heavy atom. The van der Waals surface area contributed by atoms with Gasteiger partial charge in [-0.2, -0.15) is 0 Å². The monoisotopic (exact) mass is 415 g/mol. The number of piperidine rings is 1. The van der Waals surface area contributed by atoms with E-state index in [1.54, 1.807) is 12.1 Å². The highest BCUT2D eigenvalue weighted by Gasteiger charge is 2.19. The van der Waals surface area contributed by atoms with Crippen molar-refractivity contribution in [3.05, 3.63) is 113 Å². The van der Waals surface area contributed by atoms with E-state index in [0.717, 1.165) is 44.5 Å². The number of aliphatic hydroxyl groups excluding tert-OH is 1. The number of likely N-dealkylation sites (tertiary alicyclic amines) is 1. The fraction of sp³-hybridized carbons (Fsp3) is 0.286. The summed E-state index contributed by atoms with van der Waals surface area (Å²) in [5.74, 6) is -0.265. The molecule has 1 aliphatic heterocycles. The van der Waals surface area contributed by atoms with Gasteiger partial charge in [0.25, 0.3) is 0 Å². The maximum atomic E-state index is 13.1. The third-order valence-electron chi connectivity index (χ3n) is 6.14. The molecule has 0 aromatic heterocycles. The van der Waals surface area contributed by atoms with Gasteiger partial charge in [-0.05, 0) is 66.6 Å². The number of halogens is 1. The summed E-state index contributed by atoms with van der Waals surface area (Å²) in [6.07, 6.45) is 3.24. The molecule has 3 aromatic rings. The molecule has 0 spiro atoms. The molecule has 31 heavy (non-hydrogen) atoms. The lowest BCUT2D eigenvalue weighted by atomic mass is 9.88. The van der Waals surface area contributed by atoms with Crippen LogP contribution in [0.5, 0.6) is 0 Å². The highest BCUT2D eigenvalue weighted by molar-refractivity contribution is 5.82. The van der Waals surface area contributed by atoms with Gasteiger partial charge in [0, 0.05) is 13.1 Å². The van der Waals surface area contributed by atoms with Gasteiger partial charge in [-0.25, -0.2) is 4.39 Å². The Morgan fingerprint density at radius 2 is 1.35 bits per heavy atom. The molecule has 0 saturated carbocycles. The van der Waals surface area contributed by atoms with Gasteiger partial charge < -0.3 is 10.0 Å². The molecule has 160 valence electrons. The number of benzene rings is 3. The van der Waals surface area contributed by atoms with Crippen LogP contribution in [-0.4, -0.2) is 29.6 Å². The molecule has 4 rings (SSSR count). The second-order valence-electron chi connectivity index (χ2n) is 8.26. The van der Waals surface area contributed by atoms with Crippen LogP contribution in [0.25, 0.3) is 5.57 Å². The first kappa shape index (κ1) is 21.5. The molecule has 1 atom stereocenters. The van der Waals surface area contributed by atoms with Crippen molar-refractivity contribution in [3.63, 3.8) is 0 Å². The van der Waals surface area contributed by atoms with Crippen molar-refractivity contribution in [2.24, 2.45) is 0 Å². The van der Waals surface area contributed by atoms with Gasteiger partial charge in [0.1, 0.15) is 5.82 Å². The Kier molecular flexibility index (Phi) is 7.29. The van der Waals surface area contributed by atoms with Crippen LogP contribution in [0.2, 0.25) is 0 Å². The number of hydrogen-bond donors (Lipinski definition) is 1. The van der Waals surface area contributed by atoms with Crippen molar-refractivity contribution >= 4 is 5.57 Å². The molecule has 1 saturated heterocycles. The van der Waals surface area contributed by atoms with Crippen molar-refractivity contribution in [1.29, 1.82) is 0 Å². The topological polar surface area (TPSA) is 23.5 Å². The lowest BCUT2D eigenvalue weighted by molar-refractivity contribution is 0.153. The van der Waals surface area contributed by atoms with E-state index in [4.69, 9.17) is 0 Å². The number of hydrogen-bond acceptors (Lipinski definition) is 2. The van der Waals surface area contributed by atoms with Crippen LogP contribution in [0.3, 0.4) is 0 Å². The summed E-state index contributed by atoms with van der Waals surface area (Å²) in [5.41, 5.74) is 6.28. The SMILES string of the molecule is OC(CCCN1CCC(=C(c2ccccc2)c2ccccc2)CC1)c1ccc(F)cc1. The Hall–Kier alpha value is -2.75. The van der Waals surface area contributed by atoms with Crippen molar-refractivity contribution in [2.75, 3.05) is 19.6 Å². The predicted molar refractivity (Wildman–Crippen MR) is 125 cm³/mol. The molecule has 2 nitrogen and oxygen atoms in total. The molecule has 0 amide bonds. The van der Waals surface area contributed by atoms with E-state index < -0.39 is 6.10 Å². The Morgan fingerprint density at radius 3 is 1.90 bits per heavy atom. The minimum Gasteiger partial charge on any atom is -0.388 e. The first-order chi connectivity index (χ1) is 15.2. The number of aliphatic hydroxyl groups is 1. The first-order valence-corrected chi connectivity index (χ1v) is 11.2. The highest BCUT2D eigenvalue weighted by atomic mass is 19.1. The summed E-state index contributed by atoms with van der Waals surface area (Å²) < 4.78 is 13.1. The highest BCUT2D eigenvalue weighted by Crippen LogP contribution is 2.32. The standard InChI is InChI=1S/C28H30FNO/c29-26-15-13-22(14-16-26)27(31)12-7-19-30-20-17-25(18-21-30)28(23-8-3-1-4-9-23)24-10-5-2-6-11-24/h1-6,8-11,13-16,27,31H,7,12,17-21H2. The van der Waals surface area contributed by atoms with E-state index in [1.807, 2.05) is 0 Å². The second kappa shape index (κ2) is 10.5. The van der Waals surface area contributed by atoms with Gasteiger partial charge in [-0.15, -0.1) is 0 Å². The smallest absolute Gasteiger partial charge is 0.123 e. The summed E-state index contributed by atoms with van der Waals surface area (Å²) in [6.45, 7) is 3.08. The van der Waals surface area contributed by atoms with Gasteiger partial charge in [0.15, 0.2) is 0 Å². The first-order valence-electron chi connectivity index (χ1n) is 11.2. The predicted octanol–water partition coefficient (Wildman–Crippen LogP) is 6.24. The van der Waals surface area contributed by atoms with Crippen molar-refractivity contribution in [2.45, 2.75) is 31.8 Å². The molecule has 1 fully saturated rings. The van der Waals surface area contributed by atoms with E-state index in [-0.39, 0.29) is 5.82 Å². The van der Waals surface area contributed by atoms with E-state index in [1.165, 1.54) is 34.4 Å². The van der Waals surface area contributed by atoms with Gasteiger partial charge in [-0.1, -0.05) is 78.4 Å². The van der Waals surface area contributed by atoms with Crippen LogP contribution >= 0.6 is 0 Å². The maximum Gasteiger partial charge on any atom is 0.123 e. The van der Waals surface area contributed by atoms with Crippen molar-refractivity contribution in [1.82, 2.24) is 4.90 Å². The van der Waals surface area contributed by atoms with Crippen molar-refractivity contribution < 1.29 is 9.50 Å². The molecule has 1 N–H and O–H groups in total. The molecule has 0 aliphatic carbocycles. The van der Waals surface area contributed by atoms with Gasteiger partial charge in [-0.3, -0.25) is 0 Å². The zero-order valence-electron chi connectivity index (χ0n) is 17.9. The lowest BCUT2D eigenvalue weighted by Crippen LogP contribution is -2.32. The Labute approximate surface area is 184 Å². The zero-order valence-corrected chi connectivity index (χ0v) is 17.9. The van der Waals surface area contributed by atoms with E-state index in [2.05, 4.69) is 65.6 Å². The summed E-state index contributed by atoms with van der Waals surface area (Å²) in [4.78, 5) is 2.49. The number of rotatable bonds is 7. The summed E-state index contributed by atoms with van der Waals surface area (Å²) >= 11 is 0.